The molecule has 1 heterocycles. The maximum Gasteiger partial charge on any atom is 0.223 e. The predicted octanol–water partition coefficient (Wildman–Crippen LogP) is 2.04. The van der Waals surface area contributed by atoms with E-state index in [1.165, 1.54) is 0 Å². The Labute approximate surface area is 127 Å². The highest BCUT2D eigenvalue weighted by Crippen LogP contribution is 2.19. The van der Waals surface area contributed by atoms with Gasteiger partial charge in [0.15, 0.2) is 9.84 Å². The lowest BCUT2D eigenvalue weighted by atomic mass is 10.1. The Bertz CT molecular complexity index is 568. The summed E-state index contributed by atoms with van der Waals surface area (Å²) in [6, 6.07) is 9.78. The SMILES string of the molecule is CCCN(C(=O)CCc1ccccc1)C1CCS(=O)(=O)C1. The first kappa shape index (κ1) is 16.0. The van der Waals surface area contributed by atoms with Gasteiger partial charge in [0.2, 0.25) is 5.91 Å². The van der Waals surface area contributed by atoms with Gasteiger partial charge in [0, 0.05) is 19.0 Å². The van der Waals surface area contributed by atoms with Gasteiger partial charge in [-0.05, 0) is 24.8 Å². The van der Waals surface area contributed by atoms with Crippen molar-refractivity contribution in [3.63, 3.8) is 0 Å². The average molecular weight is 309 g/mol. The number of hydrogen-bond donors (Lipinski definition) is 0. The molecule has 2 rings (SSSR count). The number of aryl methyl sites for hydroxylation is 1. The summed E-state index contributed by atoms with van der Waals surface area (Å²) in [6.45, 7) is 2.66. The van der Waals surface area contributed by atoms with Gasteiger partial charge in [-0.2, -0.15) is 0 Å². The summed E-state index contributed by atoms with van der Waals surface area (Å²) >= 11 is 0. The van der Waals surface area contributed by atoms with Crippen LogP contribution in [0.3, 0.4) is 0 Å². The number of amides is 1. The third-order valence-electron chi connectivity index (χ3n) is 3.90. The van der Waals surface area contributed by atoms with E-state index in [1.54, 1.807) is 4.90 Å². The normalized spacial score (nSPS) is 20.3. The fourth-order valence-electron chi connectivity index (χ4n) is 2.81. The molecule has 0 saturated carbocycles. The molecule has 0 radical (unpaired) electrons. The minimum atomic E-state index is -2.95. The third kappa shape index (κ3) is 4.56. The molecule has 0 aliphatic carbocycles. The number of nitrogens with zero attached hydrogens (tertiary/aromatic N) is 1. The van der Waals surface area contributed by atoms with E-state index in [-0.39, 0.29) is 23.5 Å². The van der Waals surface area contributed by atoms with Crippen molar-refractivity contribution >= 4 is 15.7 Å². The molecule has 1 aromatic carbocycles. The van der Waals surface area contributed by atoms with E-state index in [0.717, 1.165) is 12.0 Å². The van der Waals surface area contributed by atoms with Gasteiger partial charge in [0.25, 0.3) is 0 Å². The number of rotatable bonds is 6. The Morgan fingerprint density at radius 2 is 2.00 bits per heavy atom. The molecule has 21 heavy (non-hydrogen) atoms. The van der Waals surface area contributed by atoms with Crippen LogP contribution >= 0.6 is 0 Å². The molecule has 4 nitrogen and oxygen atoms in total. The van der Waals surface area contributed by atoms with Gasteiger partial charge in [0.05, 0.1) is 11.5 Å². The molecule has 1 aromatic rings. The van der Waals surface area contributed by atoms with Crippen molar-refractivity contribution in [1.82, 2.24) is 4.90 Å². The monoisotopic (exact) mass is 309 g/mol. The first-order valence-corrected chi connectivity index (χ1v) is 9.38. The van der Waals surface area contributed by atoms with Crippen molar-refractivity contribution in [2.24, 2.45) is 0 Å². The van der Waals surface area contributed by atoms with E-state index < -0.39 is 9.84 Å². The molecule has 1 fully saturated rings. The molecule has 1 atom stereocenters. The van der Waals surface area contributed by atoms with Crippen molar-refractivity contribution < 1.29 is 13.2 Å². The van der Waals surface area contributed by atoms with Crippen LogP contribution in [0.5, 0.6) is 0 Å². The lowest BCUT2D eigenvalue weighted by Crippen LogP contribution is -2.41. The average Bonchev–Trinajstić information content (AvgIpc) is 2.83. The number of hydrogen-bond acceptors (Lipinski definition) is 3. The van der Waals surface area contributed by atoms with E-state index >= 15 is 0 Å². The second-order valence-corrected chi connectivity index (χ2v) is 7.86. The number of sulfone groups is 1. The van der Waals surface area contributed by atoms with Crippen molar-refractivity contribution in [3.05, 3.63) is 35.9 Å². The molecule has 0 bridgehead atoms. The molecule has 0 spiro atoms. The van der Waals surface area contributed by atoms with Crippen LogP contribution < -0.4 is 0 Å². The third-order valence-corrected chi connectivity index (χ3v) is 5.65. The summed E-state index contributed by atoms with van der Waals surface area (Å²) in [5.74, 6) is 0.413. The summed E-state index contributed by atoms with van der Waals surface area (Å²) in [5, 5.41) is 0. The van der Waals surface area contributed by atoms with E-state index in [1.807, 2.05) is 37.3 Å². The number of carbonyl (C=O) groups excluding carboxylic acids is 1. The Morgan fingerprint density at radius 3 is 2.57 bits per heavy atom. The zero-order chi connectivity index (χ0) is 15.3. The first-order valence-electron chi connectivity index (χ1n) is 7.55. The Balaban J connectivity index is 1.96. The summed E-state index contributed by atoms with van der Waals surface area (Å²) in [5.41, 5.74) is 1.14. The van der Waals surface area contributed by atoms with E-state index in [9.17, 15) is 13.2 Å². The van der Waals surface area contributed by atoms with Crippen LogP contribution in [0.1, 0.15) is 31.7 Å². The molecule has 116 valence electrons. The van der Waals surface area contributed by atoms with Crippen molar-refractivity contribution in [2.75, 3.05) is 18.1 Å². The molecule has 5 heteroatoms. The maximum absolute atomic E-state index is 12.4. The first-order chi connectivity index (χ1) is 10.0. The van der Waals surface area contributed by atoms with Crippen molar-refractivity contribution in [3.8, 4) is 0 Å². The second kappa shape index (κ2) is 7.07. The van der Waals surface area contributed by atoms with Gasteiger partial charge in [-0.3, -0.25) is 4.79 Å². The van der Waals surface area contributed by atoms with Crippen LogP contribution in [-0.4, -0.2) is 43.3 Å². The lowest BCUT2D eigenvalue weighted by Gasteiger charge is -2.28. The Morgan fingerprint density at radius 1 is 1.29 bits per heavy atom. The van der Waals surface area contributed by atoms with E-state index in [2.05, 4.69) is 0 Å². The van der Waals surface area contributed by atoms with Crippen LogP contribution in [-0.2, 0) is 21.1 Å². The second-order valence-electron chi connectivity index (χ2n) is 5.63. The van der Waals surface area contributed by atoms with Gasteiger partial charge in [-0.15, -0.1) is 0 Å². The van der Waals surface area contributed by atoms with Crippen molar-refractivity contribution in [2.45, 2.75) is 38.6 Å². The highest BCUT2D eigenvalue weighted by atomic mass is 32.2. The minimum Gasteiger partial charge on any atom is -0.339 e. The highest BCUT2D eigenvalue weighted by Gasteiger charge is 2.33. The Hall–Kier alpha value is -1.36. The molecule has 1 aliphatic heterocycles. The van der Waals surface area contributed by atoms with E-state index in [0.29, 0.717) is 25.8 Å². The molecule has 0 N–H and O–H groups in total. The molecule has 1 unspecified atom stereocenters. The quantitative estimate of drug-likeness (QED) is 0.808. The molecule has 0 aromatic heterocycles. The van der Waals surface area contributed by atoms with Gasteiger partial charge in [-0.25, -0.2) is 8.42 Å². The molecule has 1 saturated heterocycles. The lowest BCUT2D eigenvalue weighted by molar-refractivity contribution is -0.133. The zero-order valence-electron chi connectivity index (χ0n) is 12.5. The van der Waals surface area contributed by atoms with Gasteiger partial charge in [0.1, 0.15) is 0 Å². The van der Waals surface area contributed by atoms with Gasteiger partial charge >= 0.3 is 0 Å². The topological polar surface area (TPSA) is 54.5 Å². The van der Waals surface area contributed by atoms with Crippen LogP contribution in [0.15, 0.2) is 30.3 Å². The molecular weight excluding hydrogens is 286 g/mol. The number of carbonyl (C=O) groups is 1. The summed E-state index contributed by atoms with van der Waals surface area (Å²) in [7, 11) is -2.95. The molecule has 1 amide bonds. The standard InChI is InChI=1S/C16H23NO3S/c1-2-11-17(15-10-12-21(19,20)13-15)16(18)9-8-14-6-4-3-5-7-14/h3-7,15H,2,8-13H2,1H3. The summed E-state index contributed by atoms with van der Waals surface area (Å²) in [4.78, 5) is 14.2. The van der Waals surface area contributed by atoms with Gasteiger partial charge < -0.3 is 4.90 Å². The van der Waals surface area contributed by atoms with Crippen LogP contribution in [0.25, 0.3) is 0 Å². The Kier molecular flexibility index (Phi) is 5.39. The maximum atomic E-state index is 12.4. The summed E-state index contributed by atoms with van der Waals surface area (Å²) < 4.78 is 23.2. The smallest absolute Gasteiger partial charge is 0.223 e. The van der Waals surface area contributed by atoms with E-state index in [4.69, 9.17) is 0 Å². The van der Waals surface area contributed by atoms with Gasteiger partial charge in [-0.1, -0.05) is 37.3 Å². The highest BCUT2D eigenvalue weighted by molar-refractivity contribution is 7.91. The number of benzene rings is 1. The predicted molar refractivity (Wildman–Crippen MR) is 83.8 cm³/mol. The van der Waals surface area contributed by atoms with Crippen LogP contribution in [0, 0.1) is 0 Å². The van der Waals surface area contributed by atoms with Crippen molar-refractivity contribution in [1.29, 1.82) is 0 Å². The largest absolute Gasteiger partial charge is 0.339 e. The zero-order valence-corrected chi connectivity index (χ0v) is 13.3. The molecular formula is C16H23NO3S. The van der Waals surface area contributed by atoms with Crippen LogP contribution in [0.4, 0.5) is 0 Å². The minimum absolute atomic E-state index is 0.0720. The fourth-order valence-corrected chi connectivity index (χ4v) is 4.54. The summed E-state index contributed by atoms with van der Waals surface area (Å²) in [6.07, 6.45) is 2.59. The fraction of sp³-hybridized carbons (Fsp3) is 0.562. The van der Waals surface area contributed by atoms with Crippen LogP contribution in [0.2, 0.25) is 0 Å². The molecule has 1 aliphatic rings.